The molecule has 1 N–H and O–H groups in total. The summed E-state index contributed by atoms with van der Waals surface area (Å²) < 4.78 is 13.9. The number of rotatable bonds is 2. The van der Waals surface area contributed by atoms with Crippen molar-refractivity contribution in [3.05, 3.63) is 53.3 Å². The molecule has 1 heterocycles. The van der Waals surface area contributed by atoms with Crippen molar-refractivity contribution in [1.82, 2.24) is 4.98 Å². The maximum absolute atomic E-state index is 13.1. The average Bonchev–Trinajstić information content (AvgIpc) is 2.70. The van der Waals surface area contributed by atoms with E-state index in [-0.39, 0.29) is 5.82 Å². The summed E-state index contributed by atoms with van der Waals surface area (Å²) >= 11 is 7.31. The maximum atomic E-state index is 13.1. The summed E-state index contributed by atoms with van der Waals surface area (Å²) in [6, 6.07) is 11.9. The zero-order valence-electron chi connectivity index (χ0n) is 9.15. The normalized spacial score (nSPS) is 10.8. The second kappa shape index (κ2) is 4.55. The fourth-order valence-corrected chi connectivity index (χ4v) is 2.74. The largest absolute Gasteiger partial charge is 0.331 e. The first-order chi connectivity index (χ1) is 8.70. The lowest BCUT2D eigenvalue weighted by Crippen LogP contribution is -1.88. The van der Waals surface area contributed by atoms with Crippen LogP contribution in [-0.2, 0) is 0 Å². The van der Waals surface area contributed by atoms with Crippen LogP contribution in [-0.4, -0.2) is 4.98 Å². The Labute approximate surface area is 112 Å². The molecule has 2 aromatic carbocycles. The SMILES string of the molecule is Fc1ccc2nc(Nc3cccc(Cl)c3)sc2c1. The van der Waals surface area contributed by atoms with Crippen LogP contribution in [0.2, 0.25) is 5.02 Å². The molecule has 0 saturated heterocycles. The van der Waals surface area contributed by atoms with Crippen LogP contribution in [0.5, 0.6) is 0 Å². The number of nitrogens with one attached hydrogen (secondary N) is 1. The highest BCUT2D eigenvalue weighted by Crippen LogP contribution is 2.29. The van der Waals surface area contributed by atoms with E-state index in [1.54, 1.807) is 12.1 Å². The Morgan fingerprint density at radius 3 is 2.89 bits per heavy atom. The van der Waals surface area contributed by atoms with Gasteiger partial charge in [-0.3, -0.25) is 0 Å². The Morgan fingerprint density at radius 2 is 2.06 bits per heavy atom. The second-order valence-corrected chi connectivity index (χ2v) is 5.23. The van der Waals surface area contributed by atoms with Crippen molar-refractivity contribution in [1.29, 1.82) is 0 Å². The number of nitrogens with zero attached hydrogens (tertiary/aromatic N) is 1. The van der Waals surface area contributed by atoms with Gasteiger partial charge in [0.05, 0.1) is 10.2 Å². The molecule has 0 amide bonds. The number of halogens is 2. The maximum Gasteiger partial charge on any atom is 0.188 e. The van der Waals surface area contributed by atoms with E-state index in [4.69, 9.17) is 11.6 Å². The Kier molecular flexibility index (Phi) is 2.89. The molecule has 0 saturated carbocycles. The van der Waals surface area contributed by atoms with E-state index in [2.05, 4.69) is 10.3 Å². The van der Waals surface area contributed by atoms with Crippen LogP contribution in [0.1, 0.15) is 0 Å². The molecule has 0 bridgehead atoms. The van der Waals surface area contributed by atoms with Gasteiger partial charge in [0.1, 0.15) is 5.82 Å². The lowest BCUT2D eigenvalue weighted by atomic mass is 10.3. The van der Waals surface area contributed by atoms with Gasteiger partial charge in [-0.15, -0.1) is 0 Å². The molecule has 3 aromatic rings. The molecule has 0 aliphatic carbocycles. The van der Waals surface area contributed by atoms with Gasteiger partial charge < -0.3 is 5.32 Å². The molecule has 90 valence electrons. The summed E-state index contributed by atoms with van der Waals surface area (Å²) in [6.45, 7) is 0. The third kappa shape index (κ3) is 2.30. The van der Waals surface area contributed by atoms with Crippen molar-refractivity contribution in [3.63, 3.8) is 0 Å². The molecular weight excluding hydrogens is 271 g/mol. The van der Waals surface area contributed by atoms with E-state index in [0.717, 1.165) is 21.0 Å². The van der Waals surface area contributed by atoms with E-state index < -0.39 is 0 Å². The van der Waals surface area contributed by atoms with Gasteiger partial charge in [-0.25, -0.2) is 9.37 Å². The van der Waals surface area contributed by atoms with Crippen molar-refractivity contribution < 1.29 is 4.39 Å². The first-order valence-electron chi connectivity index (χ1n) is 5.29. The number of thiazole rings is 1. The summed E-state index contributed by atoms with van der Waals surface area (Å²) in [4.78, 5) is 4.38. The van der Waals surface area contributed by atoms with E-state index in [9.17, 15) is 4.39 Å². The summed E-state index contributed by atoms with van der Waals surface area (Å²) in [7, 11) is 0. The van der Waals surface area contributed by atoms with Crippen molar-refractivity contribution in [2.24, 2.45) is 0 Å². The number of benzene rings is 2. The highest BCUT2D eigenvalue weighted by atomic mass is 35.5. The summed E-state index contributed by atoms with van der Waals surface area (Å²) in [6.07, 6.45) is 0. The zero-order valence-corrected chi connectivity index (χ0v) is 10.7. The molecule has 2 nitrogen and oxygen atoms in total. The Morgan fingerprint density at radius 1 is 1.17 bits per heavy atom. The zero-order chi connectivity index (χ0) is 12.5. The number of aromatic nitrogens is 1. The summed E-state index contributed by atoms with van der Waals surface area (Å²) in [5.41, 5.74) is 1.65. The Balaban J connectivity index is 1.95. The molecular formula is C13H8ClFN2S. The van der Waals surface area contributed by atoms with Crippen molar-refractivity contribution in [2.45, 2.75) is 0 Å². The summed E-state index contributed by atoms with van der Waals surface area (Å²) in [5.74, 6) is -0.250. The first-order valence-corrected chi connectivity index (χ1v) is 6.49. The molecule has 18 heavy (non-hydrogen) atoms. The van der Waals surface area contributed by atoms with Crippen molar-refractivity contribution in [3.8, 4) is 0 Å². The quantitative estimate of drug-likeness (QED) is 0.726. The molecule has 0 aliphatic heterocycles. The third-order valence-corrected chi connectivity index (χ3v) is 3.60. The second-order valence-electron chi connectivity index (χ2n) is 3.77. The topological polar surface area (TPSA) is 24.9 Å². The van der Waals surface area contributed by atoms with Gasteiger partial charge in [0.2, 0.25) is 0 Å². The fourth-order valence-electron chi connectivity index (χ4n) is 1.64. The van der Waals surface area contributed by atoms with Gasteiger partial charge in [-0.05, 0) is 36.4 Å². The minimum Gasteiger partial charge on any atom is -0.331 e. The minimum absolute atomic E-state index is 0.250. The predicted octanol–water partition coefficient (Wildman–Crippen LogP) is 4.83. The van der Waals surface area contributed by atoms with E-state index in [1.807, 2.05) is 18.2 Å². The molecule has 3 rings (SSSR count). The lowest BCUT2D eigenvalue weighted by molar-refractivity contribution is 0.630. The number of hydrogen-bond acceptors (Lipinski definition) is 3. The van der Waals surface area contributed by atoms with Crippen LogP contribution < -0.4 is 5.32 Å². The molecule has 0 aliphatic rings. The molecule has 5 heteroatoms. The molecule has 0 unspecified atom stereocenters. The van der Waals surface area contributed by atoms with E-state index in [0.29, 0.717) is 5.02 Å². The molecule has 0 fully saturated rings. The highest BCUT2D eigenvalue weighted by Gasteiger charge is 2.05. The molecule has 0 atom stereocenters. The third-order valence-electron chi connectivity index (χ3n) is 2.43. The average molecular weight is 279 g/mol. The monoisotopic (exact) mass is 278 g/mol. The molecule has 0 spiro atoms. The van der Waals surface area contributed by atoms with Crippen LogP contribution in [0.15, 0.2) is 42.5 Å². The van der Waals surface area contributed by atoms with Crippen molar-refractivity contribution >= 4 is 44.0 Å². The van der Waals surface area contributed by atoms with Crippen LogP contribution in [0.4, 0.5) is 15.2 Å². The summed E-state index contributed by atoms with van der Waals surface area (Å²) in [5, 5.41) is 4.53. The standard InChI is InChI=1S/C13H8ClFN2S/c14-8-2-1-3-10(6-8)16-13-17-11-5-4-9(15)7-12(11)18-13/h1-7H,(H,16,17). The van der Waals surface area contributed by atoms with Crippen LogP contribution >= 0.6 is 22.9 Å². The van der Waals surface area contributed by atoms with Gasteiger partial charge in [0, 0.05) is 10.7 Å². The van der Waals surface area contributed by atoms with Crippen molar-refractivity contribution in [2.75, 3.05) is 5.32 Å². The van der Waals surface area contributed by atoms with Crippen LogP contribution in [0, 0.1) is 5.82 Å². The van der Waals surface area contributed by atoms with E-state index in [1.165, 1.54) is 23.5 Å². The van der Waals surface area contributed by atoms with Crippen LogP contribution in [0.3, 0.4) is 0 Å². The number of hydrogen-bond donors (Lipinski definition) is 1. The Bertz CT molecular complexity index is 711. The van der Waals surface area contributed by atoms with Gasteiger partial charge in [-0.1, -0.05) is 29.0 Å². The first kappa shape index (κ1) is 11.4. The molecule has 0 radical (unpaired) electrons. The van der Waals surface area contributed by atoms with Crippen LogP contribution in [0.25, 0.3) is 10.2 Å². The van der Waals surface area contributed by atoms with Gasteiger partial charge >= 0.3 is 0 Å². The van der Waals surface area contributed by atoms with E-state index >= 15 is 0 Å². The minimum atomic E-state index is -0.250. The fraction of sp³-hybridized carbons (Fsp3) is 0. The predicted molar refractivity (Wildman–Crippen MR) is 74.3 cm³/mol. The lowest BCUT2D eigenvalue weighted by Gasteiger charge is -2.01. The Hall–Kier alpha value is -1.65. The van der Waals surface area contributed by atoms with Gasteiger partial charge in [0.15, 0.2) is 5.13 Å². The number of fused-ring (bicyclic) bond motifs is 1. The van der Waals surface area contributed by atoms with Gasteiger partial charge in [-0.2, -0.15) is 0 Å². The molecule has 1 aromatic heterocycles. The highest BCUT2D eigenvalue weighted by molar-refractivity contribution is 7.22. The smallest absolute Gasteiger partial charge is 0.188 e. The number of anilines is 2. The van der Waals surface area contributed by atoms with Gasteiger partial charge in [0.25, 0.3) is 0 Å².